The highest BCUT2D eigenvalue weighted by Gasteiger charge is 2.46. The zero-order valence-electron chi connectivity index (χ0n) is 10.3. The number of ether oxygens (including phenoxy) is 1. The van der Waals surface area contributed by atoms with Crippen LogP contribution < -0.4 is 5.32 Å². The molecular formula is C14H14N2O3. The van der Waals surface area contributed by atoms with Crippen LogP contribution in [0.2, 0.25) is 0 Å². The van der Waals surface area contributed by atoms with Gasteiger partial charge in [0.25, 0.3) is 0 Å². The minimum atomic E-state index is -0.435. The van der Waals surface area contributed by atoms with E-state index < -0.39 is 12.1 Å². The van der Waals surface area contributed by atoms with E-state index in [0.29, 0.717) is 13.2 Å². The Labute approximate surface area is 110 Å². The van der Waals surface area contributed by atoms with E-state index in [1.54, 1.807) is 0 Å². The predicted molar refractivity (Wildman–Crippen MR) is 69.2 cm³/mol. The number of nitrogens with zero attached hydrogens (tertiary/aromatic N) is 1. The Morgan fingerprint density at radius 2 is 2.05 bits per heavy atom. The van der Waals surface area contributed by atoms with Gasteiger partial charge in [-0.3, -0.25) is 9.69 Å². The molecule has 2 unspecified atom stereocenters. The lowest BCUT2D eigenvalue weighted by Gasteiger charge is -2.39. The zero-order chi connectivity index (χ0) is 13.2. The van der Waals surface area contributed by atoms with Crippen LogP contribution in [0.1, 0.15) is 5.56 Å². The van der Waals surface area contributed by atoms with E-state index in [4.69, 9.17) is 4.74 Å². The summed E-state index contributed by atoms with van der Waals surface area (Å²) in [5.41, 5.74) is 1.06. The SMILES string of the molecule is O=C1NC(C=Cc2ccccc2)C1N1CCOC1=O. The smallest absolute Gasteiger partial charge is 0.410 e. The second-order valence-corrected chi connectivity index (χ2v) is 4.56. The van der Waals surface area contributed by atoms with E-state index >= 15 is 0 Å². The summed E-state index contributed by atoms with van der Waals surface area (Å²) in [6.45, 7) is 0.838. The molecule has 0 radical (unpaired) electrons. The van der Waals surface area contributed by atoms with Crippen LogP contribution in [-0.4, -0.2) is 42.1 Å². The molecule has 98 valence electrons. The van der Waals surface area contributed by atoms with Crippen molar-refractivity contribution in [2.75, 3.05) is 13.2 Å². The summed E-state index contributed by atoms with van der Waals surface area (Å²) < 4.78 is 4.86. The number of hydrogen-bond donors (Lipinski definition) is 1. The van der Waals surface area contributed by atoms with Crippen LogP contribution >= 0.6 is 0 Å². The molecule has 0 aliphatic carbocycles. The molecule has 2 fully saturated rings. The molecule has 0 bridgehead atoms. The fraction of sp³-hybridized carbons (Fsp3) is 0.286. The van der Waals surface area contributed by atoms with E-state index in [0.717, 1.165) is 5.56 Å². The van der Waals surface area contributed by atoms with E-state index in [9.17, 15) is 9.59 Å². The van der Waals surface area contributed by atoms with Crippen LogP contribution in [-0.2, 0) is 9.53 Å². The Morgan fingerprint density at radius 1 is 1.26 bits per heavy atom. The van der Waals surface area contributed by atoms with Crippen LogP contribution in [0, 0.1) is 0 Å². The topological polar surface area (TPSA) is 58.6 Å². The van der Waals surface area contributed by atoms with Crippen molar-refractivity contribution in [2.24, 2.45) is 0 Å². The van der Waals surface area contributed by atoms with E-state index in [2.05, 4.69) is 5.32 Å². The summed E-state index contributed by atoms with van der Waals surface area (Å²) in [5, 5.41) is 2.79. The van der Waals surface area contributed by atoms with Crippen molar-refractivity contribution in [1.29, 1.82) is 0 Å². The Hall–Kier alpha value is -2.30. The molecule has 2 atom stereocenters. The fourth-order valence-electron chi connectivity index (χ4n) is 2.32. The first kappa shape index (κ1) is 11.8. The largest absolute Gasteiger partial charge is 0.448 e. The molecule has 2 heterocycles. The molecule has 5 nitrogen and oxygen atoms in total. The minimum Gasteiger partial charge on any atom is -0.448 e. The molecular weight excluding hydrogens is 244 g/mol. The van der Waals surface area contributed by atoms with Gasteiger partial charge in [0.15, 0.2) is 0 Å². The van der Waals surface area contributed by atoms with Gasteiger partial charge in [0.2, 0.25) is 5.91 Å². The number of β-lactam (4-membered cyclic amide) rings is 1. The number of cyclic esters (lactones) is 1. The van der Waals surface area contributed by atoms with Crippen molar-refractivity contribution in [1.82, 2.24) is 10.2 Å². The summed E-state index contributed by atoms with van der Waals surface area (Å²) in [7, 11) is 0. The molecule has 5 heteroatoms. The quantitative estimate of drug-likeness (QED) is 0.823. The van der Waals surface area contributed by atoms with Gasteiger partial charge in [0, 0.05) is 0 Å². The Morgan fingerprint density at radius 3 is 2.68 bits per heavy atom. The molecule has 3 rings (SSSR count). The highest BCUT2D eigenvalue weighted by atomic mass is 16.6. The average molecular weight is 258 g/mol. The van der Waals surface area contributed by atoms with Gasteiger partial charge in [0.05, 0.1) is 12.6 Å². The highest BCUT2D eigenvalue weighted by Crippen LogP contribution is 2.20. The molecule has 1 N–H and O–H groups in total. The minimum absolute atomic E-state index is 0.124. The molecule has 1 aromatic rings. The van der Waals surface area contributed by atoms with Crippen molar-refractivity contribution in [3.63, 3.8) is 0 Å². The summed E-state index contributed by atoms with van der Waals surface area (Å²) in [4.78, 5) is 24.5. The van der Waals surface area contributed by atoms with E-state index in [-0.39, 0.29) is 11.9 Å². The fourth-order valence-corrected chi connectivity index (χ4v) is 2.32. The third-order valence-electron chi connectivity index (χ3n) is 3.34. The van der Waals surface area contributed by atoms with Crippen LogP contribution in [0.5, 0.6) is 0 Å². The van der Waals surface area contributed by atoms with Gasteiger partial charge in [-0.2, -0.15) is 0 Å². The van der Waals surface area contributed by atoms with Crippen molar-refractivity contribution in [2.45, 2.75) is 12.1 Å². The van der Waals surface area contributed by atoms with Crippen molar-refractivity contribution in [3.05, 3.63) is 42.0 Å². The van der Waals surface area contributed by atoms with E-state index in [1.807, 2.05) is 42.5 Å². The molecule has 2 amide bonds. The van der Waals surface area contributed by atoms with Gasteiger partial charge in [-0.1, -0.05) is 42.5 Å². The second-order valence-electron chi connectivity index (χ2n) is 4.56. The van der Waals surface area contributed by atoms with Gasteiger partial charge >= 0.3 is 6.09 Å². The normalized spacial score (nSPS) is 26.2. The van der Waals surface area contributed by atoms with Gasteiger partial charge in [-0.05, 0) is 5.56 Å². The van der Waals surface area contributed by atoms with Crippen molar-refractivity contribution < 1.29 is 14.3 Å². The highest BCUT2D eigenvalue weighted by molar-refractivity contribution is 5.93. The molecule has 0 saturated carbocycles. The molecule has 2 aliphatic rings. The molecule has 1 aromatic carbocycles. The molecule has 0 aromatic heterocycles. The first-order valence-electron chi connectivity index (χ1n) is 6.23. The maximum absolute atomic E-state index is 11.6. The number of rotatable bonds is 3. The predicted octanol–water partition coefficient (Wildman–Crippen LogP) is 1.02. The Balaban J connectivity index is 1.70. The van der Waals surface area contributed by atoms with Gasteiger partial charge < -0.3 is 10.1 Å². The number of nitrogens with one attached hydrogen (secondary N) is 1. The number of carbonyl (C=O) groups is 2. The number of amides is 2. The summed E-state index contributed by atoms with van der Waals surface area (Å²) in [5.74, 6) is -0.124. The van der Waals surface area contributed by atoms with Gasteiger partial charge in [-0.25, -0.2) is 4.79 Å². The second kappa shape index (κ2) is 4.76. The summed E-state index contributed by atoms with van der Waals surface area (Å²) in [6.07, 6.45) is 3.45. The van der Waals surface area contributed by atoms with Crippen molar-refractivity contribution in [3.8, 4) is 0 Å². The lowest BCUT2D eigenvalue weighted by molar-refractivity contribution is -0.133. The monoisotopic (exact) mass is 258 g/mol. The standard InChI is InChI=1S/C14H14N2O3/c17-13-12(16-8-9-19-14(16)18)11(15-13)7-6-10-4-2-1-3-5-10/h1-7,11-12H,8-9H2,(H,15,17). The Bertz CT molecular complexity index is 527. The van der Waals surface area contributed by atoms with Crippen LogP contribution in [0.4, 0.5) is 4.79 Å². The zero-order valence-corrected chi connectivity index (χ0v) is 10.3. The third-order valence-corrected chi connectivity index (χ3v) is 3.34. The van der Waals surface area contributed by atoms with Crippen LogP contribution in [0.25, 0.3) is 6.08 Å². The molecule has 2 saturated heterocycles. The maximum Gasteiger partial charge on any atom is 0.410 e. The lowest BCUT2D eigenvalue weighted by atomic mass is 9.96. The van der Waals surface area contributed by atoms with E-state index in [1.165, 1.54) is 4.90 Å². The third kappa shape index (κ3) is 2.19. The number of carbonyl (C=O) groups excluding carboxylic acids is 2. The first-order valence-corrected chi connectivity index (χ1v) is 6.23. The van der Waals surface area contributed by atoms with Gasteiger partial charge in [0.1, 0.15) is 12.6 Å². The molecule has 0 spiro atoms. The van der Waals surface area contributed by atoms with Crippen LogP contribution in [0.15, 0.2) is 36.4 Å². The van der Waals surface area contributed by atoms with Gasteiger partial charge in [-0.15, -0.1) is 0 Å². The van der Waals surface area contributed by atoms with Crippen molar-refractivity contribution >= 4 is 18.1 Å². The molecule has 19 heavy (non-hydrogen) atoms. The van der Waals surface area contributed by atoms with Crippen LogP contribution in [0.3, 0.4) is 0 Å². The molecule has 2 aliphatic heterocycles. The average Bonchev–Trinajstić information content (AvgIpc) is 2.81. The lowest BCUT2D eigenvalue weighted by Crippen LogP contribution is -2.68. The Kier molecular flexibility index (Phi) is 2.95. The summed E-state index contributed by atoms with van der Waals surface area (Å²) >= 11 is 0. The maximum atomic E-state index is 11.6. The first-order chi connectivity index (χ1) is 9.25. The number of hydrogen-bond acceptors (Lipinski definition) is 3. The summed E-state index contributed by atoms with van der Waals surface area (Å²) in [6, 6.07) is 9.24. The number of benzene rings is 1.